The maximum Gasteiger partial charge on any atom is 0.253 e. The third-order valence-electron chi connectivity index (χ3n) is 5.17. The van der Waals surface area contributed by atoms with Crippen molar-refractivity contribution in [2.75, 3.05) is 26.0 Å². The Balaban J connectivity index is 1.63. The van der Waals surface area contributed by atoms with Crippen molar-refractivity contribution in [1.82, 2.24) is 4.90 Å². The van der Waals surface area contributed by atoms with Gasteiger partial charge in [-0.15, -0.1) is 0 Å². The van der Waals surface area contributed by atoms with Gasteiger partial charge in [0, 0.05) is 49.9 Å². The van der Waals surface area contributed by atoms with Crippen LogP contribution < -0.4 is 11.1 Å². The van der Waals surface area contributed by atoms with Crippen molar-refractivity contribution in [2.45, 2.75) is 24.8 Å². The fourth-order valence-electron chi connectivity index (χ4n) is 3.53. The first-order valence-electron chi connectivity index (χ1n) is 9.39. The van der Waals surface area contributed by atoms with Crippen LogP contribution in [-0.4, -0.2) is 37.5 Å². The summed E-state index contributed by atoms with van der Waals surface area (Å²) in [5.74, 6) is -3.50. The topological polar surface area (TPSA) is 58.4 Å². The summed E-state index contributed by atoms with van der Waals surface area (Å²) in [6, 6.07) is 8.27. The number of nitrogens with one attached hydrogen (secondary N) is 1. The lowest BCUT2D eigenvalue weighted by atomic mass is 9.80. The summed E-state index contributed by atoms with van der Waals surface area (Å²) in [6.45, 7) is 0.557. The van der Waals surface area contributed by atoms with Crippen molar-refractivity contribution in [2.24, 2.45) is 5.73 Å². The number of benzene rings is 2. The van der Waals surface area contributed by atoms with Crippen LogP contribution in [0.25, 0.3) is 0 Å². The van der Waals surface area contributed by atoms with Gasteiger partial charge in [0.1, 0.15) is 5.82 Å². The first-order valence-corrected chi connectivity index (χ1v) is 9.39. The highest BCUT2D eigenvalue weighted by atomic mass is 19.2. The summed E-state index contributed by atoms with van der Waals surface area (Å²) in [7, 11) is 3.40. The SMILES string of the molecule is CN(C)C(=O)c1ccc(NCC2=CC[C@@H](c3cc(F)c(F)cc3F)[C@H](N)C2)cc1. The van der Waals surface area contributed by atoms with Gasteiger partial charge in [-0.25, -0.2) is 13.2 Å². The molecule has 0 saturated heterocycles. The van der Waals surface area contributed by atoms with Crippen LogP contribution in [0.4, 0.5) is 18.9 Å². The van der Waals surface area contributed by atoms with Gasteiger partial charge in [0.05, 0.1) is 0 Å². The van der Waals surface area contributed by atoms with Gasteiger partial charge >= 0.3 is 0 Å². The minimum absolute atomic E-state index is 0.0620. The first kappa shape index (κ1) is 20.9. The van der Waals surface area contributed by atoms with E-state index in [0.29, 0.717) is 31.0 Å². The van der Waals surface area contributed by atoms with Crippen LogP contribution in [0.15, 0.2) is 48.0 Å². The van der Waals surface area contributed by atoms with Gasteiger partial charge in [-0.1, -0.05) is 11.6 Å². The molecule has 154 valence electrons. The quantitative estimate of drug-likeness (QED) is 0.585. The van der Waals surface area contributed by atoms with Crippen molar-refractivity contribution in [1.29, 1.82) is 0 Å². The summed E-state index contributed by atoms with van der Waals surface area (Å²) < 4.78 is 40.8. The summed E-state index contributed by atoms with van der Waals surface area (Å²) >= 11 is 0. The average molecular weight is 403 g/mol. The van der Waals surface area contributed by atoms with Gasteiger partial charge in [0.25, 0.3) is 5.91 Å². The van der Waals surface area contributed by atoms with E-state index in [0.717, 1.165) is 17.3 Å². The zero-order valence-corrected chi connectivity index (χ0v) is 16.4. The lowest BCUT2D eigenvalue weighted by Gasteiger charge is -2.29. The van der Waals surface area contributed by atoms with Crippen LogP contribution in [0.1, 0.15) is 34.7 Å². The number of amides is 1. The van der Waals surface area contributed by atoms with Crippen LogP contribution in [0.2, 0.25) is 0 Å². The highest BCUT2D eigenvalue weighted by molar-refractivity contribution is 5.94. The number of halogens is 3. The maximum atomic E-state index is 14.1. The number of nitrogens with zero attached hydrogens (tertiary/aromatic N) is 1. The molecule has 0 heterocycles. The Hall–Kier alpha value is -2.80. The highest BCUT2D eigenvalue weighted by Gasteiger charge is 2.27. The van der Waals surface area contributed by atoms with Crippen LogP contribution >= 0.6 is 0 Å². The molecule has 4 nitrogen and oxygen atoms in total. The molecule has 0 spiro atoms. The molecular weight excluding hydrogens is 379 g/mol. The first-order chi connectivity index (χ1) is 13.8. The predicted molar refractivity (Wildman–Crippen MR) is 107 cm³/mol. The molecule has 29 heavy (non-hydrogen) atoms. The Morgan fingerprint density at radius 2 is 1.76 bits per heavy atom. The summed E-state index contributed by atoms with van der Waals surface area (Å²) in [4.78, 5) is 13.4. The van der Waals surface area contributed by atoms with E-state index in [-0.39, 0.29) is 11.5 Å². The standard InChI is InChI=1S/C22H24F3N3O/c1-28(2)22(29)14-4-6-15(7-5-14)27-12-13-3-8-16(21(26)9-13)17-10-19(24)20(25)11-18(17)23/h3-7,10-11,16,21,27H,8-9,12,26H2,1-2H3/t16-,21+/m0/s1. The Kier molecular flexibility index (Phi) is 6.27. The molecule has 3 N–H and O–H groups in total. The Morgan fingerprint density at radius 1 is 1.10 bits per heavy atom. The van der Waals surface area contributed by atoms with E-state index in [4.69, 9.17) is 5.73 Å². The van der Waals surface area contributed by atoms with Crippen LogP contribution in [0, 0.1) is 17.5 Å². The number of hydrogen-bond acceptors (Lipinski definition) is 3. The number of carbonyl (C=O) groups excluding carboxylic acids is 1. The second-order valence-corrected chi connectivity index (χ2v) is 7.49. The monoisotopic (exact) mass is 403 g/mol. The molecule has 7 heteroatoms. The number of hydrogen-bond donors (Lipinski definition) is 2. The molecule has 0 aliphatic heterocycles. The third-order valence-corrected chi connectivity index (χ3v) is 5.17. The smallest absolute Gasteiger partial charge is 0.253 e. The molecule has 0 unspecified atom stereocenters. The van der Waals surface area contributed by atoms with Crippen molar-refractivity contribution >= 4 is 11.6 Å². The molecule has 1 aliphatic carbocycles. The maximum absolute atomic E-state index is 14.1. The fraction of sp³-hybridized carbons (Fsp3) is 0.318. The molecule has 1 amide bonds. The van der Waals surface area contributed by atoms with Crippen molar-refractivity contribution in [3.63, 3.8) is 0 Å². The van der Waals surface area contributed by atoms with E-state index in [2.05, 4.69) is 5.32 Å². The van der Waals surface area contributed by atoms with E-state index in [1.807, 2.05) is 18.2 Å². The Bertz CT molecular complexity index is 926. The van der Waals surface area contributed by atoms with Gasteiger partial charge < -0.3 is 16.0 Å². The molecule has 3 rings (SSSR count). The van der Waals surface area contributed by atoms with E-state index in [1.54, 1.807) is 26.2 Å². The number of rotatable bonds is 5. The highest BCUT2D eigenvalue weighted by Crippen LogP contribution is 2.33. The Labute approximate surface area is 168 Å². The minimum atomic E-state index is -1.20. The molecular formula is C22H24F3N3O. The molecule has 0 aromatic heterocycles. The lowest BCUT2D eigenvalue weighted by molar-refractivity contribution is 0.0827. The van der Waals surface area contributed by atoms with Gasteiger partial charge in [-0.2, -0.15) is 0 Å². The molecule has 0 bridgehead atoms. The largest absolute Gasteiger partial charge is 0.381 e. The van der Waals surface area contributed by atoms with Gasteiger partial charge in [-0.3, -0.25) is 4.79 Å². The second kappa shape index (κ2) is 8.69. The van der Waals surface area contributed by atoms with E-state index in [1.165, 1.54) is 4.90 Å². The Morgan fingerprint density at radius 3 is 2.38 bits per heavy atom. The number of allylic oxidation sites excluding steroid dienone is 1. The molecule has 2 aromatic carbocycles. The summed E-state index contributed by atoms with van der Waals surface area (Å²) in [6.07, 6.45) is 2.94. The fourth-order valence-corrected chi connectivity index (χ4v) is 3.53. The van der Waals surface area contributed by atoms with Crippen LogP contribution in [0.3, 0.4) is 0 Å². The van der Waals surface area contributed by atoms with Crippen LogP contribution in [-0.2, 0) is 0 Å². The zero-order valence-electron chi connectivity index (χ0n) is 16.4. The summed E-state index contributed by atoms with van der Waals surface area (Å²) in [5.41, 5.74) is 8.86. The van der Waals surface area contributed by atoms with Crippen molar-refractivity contribution in [3.05, 3.63) is 76.6 Å². The van der Waals surface area contributed by atoms with Crippen molar-refractivity contribution in [3.8, 4) is 0 Å². The molecule has 0 fully saturated rings. The number of anilines is 1. The van der Waals surface area contributed by atoms with Gasteiger partial charge in [0.15, 0.2) is 11.6 Å². The minimum Gasteiger partial charge on any atom is -0.381 e. The van der Waals surface area contributed by atoms with E-state index < -0.39 is 29.4 Å². The van der Waals surface area contributed by atoms with Crippen molar-refractivity contribution < 1.29 is 18.0 Å². The molecule has 0 radical (unpaired) electrons. The van der Waals surface area contributed by atoms with Gasteiger partial charge in [0.2, 0.25) is 0 Å². The van der Waals surface area contributed by atoms with E-state index >= 15 is 0 Å². The molecule has 0 saturated carbocycles. The van der Waals surface area contributed by atoms with E-state index in [9.17, 15) is 18.0 Å². The lowest BCUT2D eigenvalue weighted by Crippen LogP contribution is -2.33. The molecule has 1 aliphatic rings. The van der Waals surface area contributed by atoms with Gasteiger partial charge in [-0.05, 0) is 48.7 Å². The molecule has 2 atom stereocenters. The summed E-state index contributed by atoms with van der Waals surface area (Å²) in [5, 5.41) is 3.28. The number of nitrogens with two attached hydrogens (primary N) is 1. The number of carbonyl (C=O) groups is 1. The zero-order chi connectivity index (χ0) is 21.1. The second-order valence-electron chi connectivity index (χ2n) is 7.49. The third kappa shape index (κ3) is 4.79. The average Bonchev–Trinajstić information content (AvgIpc) is 2.69. The normalized spacial score (nSPS) is 18.9. The predicted octanol–water partition coefficient (Wildman–Crippen LogP) is 4.05. The molecule has 2 aromatic rings. The van der Waals surface area contributed by atoms with Crippen LogP contribution in [0.5, 0.6) is 0 Å².